The van der Waals surface area contributed by atoms with E-state index in [0.717, 1.165) is 12.3 Å². The Morgan fingerprint density at radius 2 is 1.79 bits per heavy atom. The lowest BCUT2D eigenvalue weighted by Crippen LogP contribution is -2.37. The zero-order valence-electron chi connectivity index (χ0n) is 9.00. The first-order valence-electron chi connectivity index (χ1n) is 5.94. The van der Waals surface area contributed by atoms with Gasteiger partial charge in [-0.25, -0.2) is 0 Å². The van der Waals surface area contributed by atoms with Gasteiger partial charge >= 0.3 is 5.97 Å². The molecule has 0 N–H and O–H groups in total. The van der Waals surface area contributed by atoms with Gasteiger partial charge in [0, 0.05) is 6.92 Å². The van der Waals surface area contributed by atoms with E-state index in [4.69, 9.17) is 4.74 Å². The third-order valence-corrected chi connectivity index (χ3v) is 3.83. The van der Waals surface area contributed by atoms with Gasteiger partial charge < -0.3 is 4.74 Å². The summed E-state index contributed by atoms with van der Waals surface area (Å²) in [7, 11) is 0. The summed E-state index contributed by atoms with van der Waals surface area (Å²) in [6.07, 6.45) is 9.31. The van der Waals surface area contributed by atoms with E-state index in [-0.39, 0.29) is 12.1 Å². The zero-order valence-corrected chi connectivity index (χ0v) is 9.00. The lowest BCUT2D eigenvalue weighted by atomic mass is 9.69. The largest absolute Gasteiger partial charge is 0.462 e. The van der Waals surface area contributed by atoms with Gasteiger partial charge in [-0.3, -0.25) is 4.79 Å². The van der Waals surface area contributed by atoms with Crippen LogP contribution >= 0.6 is 0 Å². The molecule has 2 heteroatoms. The van der Waals surface area contributed by atoms with E-state index in [0.29, 0.717) is 5.92 Å². The minimum atomic E-state index is -0.0961. The van der Waals surface area contributed by atoms with Crippen LogP contribution in [-0.4, -0.2) is 12.1 Å². The Kier molecular flexibility index (Phi) is 3.09. The highest BCUT2D eigenvalue weighted by molar-refractivity contribution is 5.66. The van der Waals surface area contributed by atoms with Crippen LogP contribution in [0.3, 0.4) is 0 Å². The van der Waals surface area contributed by atoms with Crippen LogP contribution in [0.15, 0.2) is 0 Å². The monoisotopic (exact) mass is 196 g/mol. The molecule has 2 saturated carbocycles. The molecule has 2 rings (SSSR count). The molecule has 0 aromatic rings. The molecule has 14 heavy (non-hydrogen) atoms. The summed E-state index contributed by atoms with van der Waals surface area (Å²) < 4.78 is 5.42. The molecule has 2 nitrogen and oxygen atoms in total. The number of fused-ring (bicyclic) bond motifs is 1. The zero-order chi connectivity index (χ0) is 9.97. The maximum absolute atomic E-state index is 11.0. The summed E-state index contributed by atoms with van der Waals surface area (Å²) in [5.74, 6) is 1.43. The number of rotatable bonds is 1. The summed E-state index contributed by atoms with van der Waals surface area (Å²) in [4.78, 5) is 11.0. The van der Waals surface area contributed by atoms with Crippen molar-refractivity contribution in [2.75, 3.05) is 0 Å². The molecular formula is C12H20O2. The smallest absolute Gasteiger partial charge is 0.302 e. The highest BCUT2D eigenvalue weighted by atomic mass is 16.5. The topological polar surface area (TPSA) is 26.3 Å². The van der Waals surface area contributed by atoms with Gasteiger partial charge in [-0.2, -0.15) is 0 Å². The summed E-state index contributed by atoms with van der Waals surface area (Å²) in [6, 6.07) is 0. The van der Waals surface area contributed by atoms with E-state index >= 15 is 0 Å². The Labute approximate surface area is 86.0 Å². The van der Waals surface area contributed by atoms with Crippen LogP contribution < -0.4 is 0 Å². The summed E-state index contributed by atoms with van der Waals surface area (Å²) >= 11 is 0. The fourth-order valence-corrected chi connectivity index (χ4v) is 3.24. The lowest BCUT2D eigenvalue weighted by Gasteiger charge is -2.40. The third-order valence-electron chi connectivity index (χ3n) is 3.83. The van der Waals surface area contributed by atoms with Crippen LogP contribution in [0.4, 0.5) is 0 Å². The highest BCUT2D eigenvalue weighted by Gasteiger charge is 2.36. The predicted molar refractivity (Wildman–Crippen MR) is 54.9 cm³/mol. The van der Waals surface area contributed by atoms with Crippen LogP contribution in [0, 0.1) is 11.8 Å². The first kappa shape index (κ1) is 10.0. The Morgan fingerprint density at radius 1 is 1.07 bits per heavy atom. The van der Waals surface area contributed by atoms with Crippen molar-refractivity contribution < 1.29 is 9.53 Å². The summed E-state index contributed by atoms with van der Waals surface area (Å²) in [5.41, 5.74) is 0. The minimum Gasteiger partial charge on any atom is -0.462 e. The molecule has 0 aromatic heterocycles. The second-order valence-corrected chi connectivity index (χ2v) is 4.79. The SMILES string of the molecule is CC(=O)O[C@H]1CCC[C@@H]2CCCC[C@H]21. The van der Waals surface area contributed by atoms with E-state index in [1.165, 1.54) is 45.4 Å². The lowest BCUT2D eigenvalue weighted by molar-refractivity contribution is -0.153. The Balaban J connectivity index is 1.97. The number of esters is 1. The standard InChI is InChI=1S/C12H20O2/c1-9(13)14-12-8-4-6-10-5-2-3-7-11(10)12/h10-12H,2-8H2,1H3/t10-,11+,12-/m0/s1. The molecular weight excluding hydrogens is 176 g/mol. The van der Waals surface area contributed by atoms with E-state index in [1.807, 2.05) is 0 Å². The van der Waals surface area contributed by atoms with Crippen LogP contribution in [-0.2, 0) is 9.53 Å². The van der Waals surface area contributed by atoms with Crippen LogP contribution in [0.1, 0.15) is 51.9 Å². The van der Waals surface area contributed by atoms with Gasteiger partial charge in [-0.1, -0.05) is 19.3 Å². The number of ether oxygens (including phenoxy) is 1. The minimum absolute atomic E-state index is 0.0961. The van der Waals surface area contributed by atoms with Gasteiger partial charge in [0.1, 0.15) is 6.10 Å². The second-order valence-electron chi connectivity index (χ2n) is 4.79. The molecule has 2 fully saturated rings. The molecule has 2 aliphatic rings. The van der Waals surface area contributed by atoms with Crippen LogP contribution in [0.5, 0.6) is 0 Å². The van der Waals surface area contributed by atoms with Crippen LogP contribution in [0.2, 0.25) is 0 Å². The second kappa shape index (κ2) is 4.33. The predicted octanol–water partition coefficient (Wildman–Crippen LogP) is 2.91. The van der Waals surface area contributed by atoms with E-state index in [1.54, 1.807) is 0 Å². The average molecular weight is 196 g/mol. The Bertz CT molecular complexity index is 210. The molecule has 0 unspecified atom stereocenters. The molecule has 80 valence electrons. The van der Waals surface area contributed by atoms with Gasteiger partial charge in [0.15, 0.2) is 0 Å². The van der Waals surface area contributed by atoms with Gasteiger partial charge in [-0.15, -0.1) is 0 Å². The van der Waals surface area contributed by atoms with Crippen molar-refractivity contribution in [3.8, 4) is 0 Å². The van der Waals surface area contributed by atoms with Crippen molar-refractivity contribution >= 4 is 5.97 Å². The molecule has 0 spiro atoms. The summed E-state index contributed by atoms with van der Waals surface area (Å²) in [6.45, 7) is 1.53. The van der Waals surface area contributed by atoms with E-state index in [9.17, 15) is 4.79 Å². The molecule has 3 atom stereocenters. The van der Waals surface area contributed by atoms with Crippen molar-refractivity contribution in [3.63, 3.8) is 0 Å². The average Bonchev–Trinajstić information content (AvgIpc) is 2.18. The highest BCUT2D eigenvalue weighted by Crippen LogP contribution is 2.41. The van der Waals surface area contributed by atoms with Crippen molar-refractivity contribution in [1.29, 1.82) is 0 Å². The van der Waals surface area contributed by atoms with E-state index < -0.39 is 0 Å². The number of hydrogen-bond donors (Lipinski definition) is 0. The quantitative estimate of drug-likeness (QED) is 0.603. The first-order valence-corrected chi connectivity index (χ1v) is 5.94. The summed E-state index contributed by atoms with van der Waals surface area (Å²) in [5, 5.41) is 0. The van der Waals surface area contributed by atoms with Crippen LogP contribution in [0.25, 0.3) is 0 Å². The number of carbonyl (C=O) groups is 1. The molecule has 0 amide bonds. The number of hydrogen-bond acceptors (Lipinski definition) is 2. The van der Waals surface area contributed by atoms with Gasteiger partial charge in [0.25, 0.3) is 0 Å². The van der Waals surface area contributed by atoms with Crippen molar-refractivity contribution in [1.82, 2.24) is 0 Å². The molecule has 0 heterocycles. The molecule has 0 aliphatic heterocycles. The fraction of sp³-hybridized carbons (Fsp3) is 0.917. The maximum atomic E-state index is 11.0. The molecule has 0 radical (unpaired) electrons. The van der Waals surface area contributed by atoms with Crippen molar-refractivity contribution in [3.05, 3.63) is 0 Å². The fourth-order valence-electron chi connectivity index (χ4n) is 3.24. The van der Waals surface area contributed by atoms with Gasteiger partial charge in [-0.05, 0) is 37.5 Å². The third kappa shape index (κ3) is 2.10. The molecule has 0 saturated heterocycles. The normalized spacial score (nSPS) is 37.4. The van der Waals surface area contributed by atoms with Crippen molar-refractivity contribution in [2.24, 2.45) is 11.8 Å². The van der Waals surface area contributed by atoms with Gasteiger partial charge in [0.2, 0.25) is 0 Å². The maximum Gasteiger partial charge on any atom is 0.302 e. The van der Waals surface area contributed by atoms with Gasteiger partial charge in [0.05, 0.1) is 0 Å². The Hall–Kier alpha value is -0.530. The molecule has 2 aliphatic carbocycles. The first-order chi connectivity index (χ1) is 6.77. The number of carbonyl (C=O) groups excluding carboxylic acids is 1. The molecule has 0 aromatic carbocycles. The van der Waals surface area contributed by atoms with Crippen molar-refractivity contribution in [2.45, 2.75) is 58.0 Å². The Morgan fingerprint density at radius 3 is 2.57 bits per heavy atom. The molecule has 0 bridgehead atoms. The van der Waals surface area contributed by atoms with E-state index in [2.05, 4.69) is 0 Å².